The minimum Gasteiger partial charge on any atom is -0.459 e. The van der Waals surface area contributed by atoms with Crippen molar-refractivity contribution in [2.24, 2.45) is 23.7 Å². The Morgan fingerprint density at radius 2 is 1.57 bits per heavy atom. The van der Waals surface area contributed by atoms with Gasteiger partial charge >= 0.3 is 11.9 Å². The smallest absolute Gasteiger partial charge is 0.311 e. The lowest BCUT2D eigenvalue weighted by Gasteiger charge is -2.49. The maximum Gasteiger partial charge on any atom is 0.311 e. The minimum atomic E-state index is -2.03. The van der Waals surface area contributed by atoms with E-state index in [4.69, 9.17) is 37.9 Å². The highest BCUT2D eigenvalue weighted by atomic mass is 16.7. The number of cyclic esters (lactones) is 1. The summed E-state index contributed by atoms with van der Waals surface area (Å²) in [5.74, 6) is -5.79. The minimum absolute atomic E-state index is 0.0590. The van der Waals surface area contributed by atoms with Crippen LogP contribution in [0.1, 0.15) is 102 Å². The van der Waals surface area contributed by atoms with Gasteiger partial charge < -0.3 is 58.1 Å². The zero-order chi connectivity index (χ0) is 42.7. The molecule has 0 aromatic carbocycles. The van der Waals surface area contributed by atoms with Crippen LogP contribution >= 0.6 is 0 Å². The molecule has 0 bridgehead atoms. The van der Waals surface area contributed by atoms with E-state index in [2.05, 4.69) is 0 Å². The van der Waals surface area contributed by atoms with Gasteiger partial charge in [0.1, 0.15) is 23.1 Å². The van der Waals surface area contributed by atoms with Gasteiger partial charge in [-0.3, -0.25) is 19.2 Å². The quantitative estimate of drug-likeness (QED) is 0.165. The number of nitrogens with zero attached hydrogens (tertiary/aromatic N) is 1. The maximum absolute atomic E-state index is 14.2. The first-order valence-electron chi connectivity index (χ1n) is 19.8. The van der Waals surface area contributed by atoms with Gasteiger partial charge in [-0.05, 0) is 74.9 Å². The van der Waals surface area contributed by atoms with Crippen LogP contribution in [-0.4, -0.2) is 150 Å². The van der Waals surface area contributed by atoms with E-state index < -0.39 is 114 Å². The van der Waals surface area contributed by atoms with Crippen LogP contribution in [0.2, 0.25) is 0 Å². The van der Waals surface area contributed by atoms with Crippen molar-refractivity contribution in [1.82, 2.24) is 4.90 Å². The molecular weight excluding hydrogens is 734 g/mol. The van der Waals surface area contributed by atoms with Gasteiger partial charge in [0, 0.05) is 38.2 Å². The van der Waals surface area contributed by atoms with E-state index in [0.29, 0.717) is 12.9 Å². The topological polar surface area (TPSA) is 206 Å². The first-order valence-corrected chi connectivity index (χ1v) is 19.8. The molecule has 0 spiro atoms. The Morgan fingerprint density at radius 3 is 2.11 bits per heavy atom. The van der Waals surface area contributed by atoms with Crippen molar-refractivity contribution in [2.75, 3.05) is 21.2 Å². The largest absolute Gasteiger partial charge is 0.459 e. The van der Waals surface area contributed by atoms with Crippen LogP contribution in [0.3, 0.4) is 0 Å². The number of aliphatic hydroxyl groups is 3. The maximum atomic E-state index is 14.2. The molecule has 3 heterocycles. The Morgan fingerprint density at radius 1 is 0.946 bits per heavy atom. The number of aliphatic hydroxyl groups excluding tert-OH is 1. The van der Waals surface area contributed by atoms with Crippen LogP contribution in [0.4, 0.5) is 0 Å². The van der Waals surface area contributed by atoms with Gasteiger partial charge in [-0.15, -0.1) is 0 Å². The highest BCUT2D eigenvalue weighted by molar-refractivity contribution is 5.83. The number of esters is 2. The first-order chi connectivity index (χ1) is 25.9. The van der Waals surface area contributed by atoms with Crippen molar-refractivity contribution in [1.29, 1.82) is 0 Å². The van der Waals surface area contributed by atoms with Crippen molar-refractivity contribution in [3.8, 4) is 0 Å². The van der Waals surface area contributed by atoms with Gasteiger partial charge in [0.25, 0.3) is 6.47 Å². The molecule has 3 N–H and O–H groups in total. The van der Waals surface area contributed by atoms with Gasteiger partial charge in [-0.25, -0.2) is 0 Å². The van der Waals surface area contributed by atoms with Crippen molar-refractivity contribution in [3.63, 3.8) is 0 Å². The summed E-state index contributed by atoms with van der Waals surface area (Å²) < 4.78 is 49.0. The predicted molar refractivity (Wildman–Crippen MR) is 201 cm³/mol. The molecule has 56 heavy (non-hydrogen) atoms. The van der Waals surface area contributed by atoms with Crippen molar-refractivity contribution in [3.05, 3.63) is 0 Å². The molecule has 3 saturated heterocycles. The highest BCUT2D eigenvalue weighted by Crippen LogP contribution is 2.41. The number of methoxy groups -OCH3 is 1. The zero-order valence-electron chi connectivity index (χ0n) is 35.8. The van der Waals surface area contributed by atoms with Crippen molar-refractivity contribution < 1.29 is 72.4 Å². The summed E-state index contributed by atoms with van der Waals surface area (Å²) in [6, 6.07) is -0.334. The molecule has 0 aromatic heterocycles. The summed E-state index contributed by atoms with van der Waals surface area (Å²) in [6.45, 7) is 17.9. The molecule has 16 nitrogen and oxygen atoms in total. The van der Waals surface area contributed by atoms with E-state index in [-0.39, 0.29) is 31.4 Å². The van der Waals surface area contributed by atoms with E-state index >= 15 is 0 Å². The van der Waals surface area contributed by atoms with Gasteiger partial charge in [0.05, 0.1) is 48.1 Å². The number of ketones is 1. The Kier molecular flexibility index (Phi) is 16.5. The summed E-state index contributed by atoms with van der Waals surface area (Å²) in [5, 5.41) is 35.6. The van der Waals surface area contributed by atoms with Crippen LogP contribution < -0.4 is 0 Å². The van der Waals surface area contributed by atoms with E-state index in [0.717, 1.165) is 0 Å². The van der Waals surface area contributed by atoms with Gasteiger partial charge in [0.2, 0.25) is 0 Å². The molecule has 3 fully saturated rings. The molecule has 0 saturated carbocycles. The summed E-state index contributed by atoms with van der Waals surface area (Å²) in [5.41, 5.74) is -4.96. The van der Waals surface area contributed by atoms with Crippen LogP contribution in [0.25, 0.3) is 0 Å². The normalized spacial score (nSPS) is 46.1. The second-order valence-electron chi connectivity index (χ2n) is 17.3. The number of carbonyl (C=O) groups excluding carboxylic acids is 4. The number of ether oxygens (including phenoxy) is 8. The standard InChI is InChI=1S/C40H69NO15/c1-15-28-40(11,48)33(45)22(4)30(44)20(2)17-38(9,47)34(56-37-32(53-26(8)43)27(41(12)13)16-21(3)51-37)23(5)31(24(6)36(46)54-28)55-29-18-39(10,49-14)35(50-19-42)25(7)52-29/h19-25,27-29,31-35,37,45,47-48H,15-18H2,1-14H3/t20-,21-,22+,23+,24-,25+,27+,28-,29+,31+,32-,33-,34-,35+,37+,38-,39-,40-/m1/s1. The van der Waals surface area contributed by atoms with Gasteiger partial charge in [-0.2, -0.15) is 0 Å². The average Bonchev–Trinajstić information content (AvgIpc) is 3.11. The molecule has 18 atom stereocenters. The number of hydrogen-bond donors (Lipinski definition) is 3. The number of Topliss-reactive ketones (excluding diaryl/α,β-unsaturated/α-hetero) is 1. The molecule has 0 aliphatic carbocycles. The van der Waals surface area contributed by atoms with Crippen LogP contribution in [0.15, 0.2) is 0 Å². The number of hydrogen-bond acceptors (Lipinski definition) is 16. The molecule has 3 aliphatic rings. The lowest BCUT2D eigenvalue weighted by Crippen LogP contribution is -2.61. The van der Waals surface area contributed by atoms with Gasteiger partial charge in [0.15, 0.2) is 24.8 Å². The lowest BCUT2D eigenvalue weighted by molar-refractivity contribution is -0.319. The molecule has 3 aliphatic heterocycles. The molecular formula is C40H69NO15. The third kappa shape index (κ3) is 10.7. The van der Waals surface area contributed by atoms with Crippen molar-refractivity contribution in [2.45, 2.75) is 186 Å². The summed E-state index contributed by atoms with van der Waals surface area (Å²) >= 11 is 0. The third-order valence-electron chi connectivity index (χ3n) is 12.3. The van der Waals surface area contributed by atoms with Crippen LogP contribution in [0.5, 0.6) is 0 Å². The molecule has 324 valence electrons. The van der Waals surface area contributed by atoms with E-state index in [9.17, 15) is 34.5 Å². The Labute approximate surface area is 332 Å². The molecule has 16 heteroatoms. The lowest BCUT2D eigenvalue weighted by atomic mass is 9.74. The highest BCUT2D eigenvalue weighted by Gasteiger charge is 2.54. The fraction of sp³-hybridized carbons (Fsp3) is 0.900. The molecule has 0 radical (unpaired) electrons. The fourth-order valence-electron chi connectivity index (χ4n) is 9.02. The van der Waals surface area contributed by atoms with Crippen molar-refractivity contribution >= 4 is 24.2 Å². The molecule has 0 amide bonds. The summed E-state index contributed by atoms with van der Waals surface area (Å²) in [6.07, 6.45) is -9.81. The average molecular weight is 804 g/mol. The summed E-state index contributed by atoms with van der Waals surface area (Å²) in [4.78, 5) is 54.0. The van der Waals surface area contributed by atoms with Crippen LogP contribution in [-0.2, 0) is 57.1 Å². The third-order valence-corrected chi connectivity index (χ3v) is 12.3. The zero-order valence-corrected chi connectivity index (χ0v) is 35.8. The SMILES string of the molecule is CC[C@H]1OC(=O)[C@H](C)[C@@H](O[C@H]2C[C@@](C)(OC)[C@@H](OC=O)[C@H](C)O2)[C@H](C)[C@@H](O[C@@H]2O[C@H](C)C[C@H](N(C)C)[C@H]2OC(C)=O)[C@](C)(O)C[C@@H](C)C(=O)[C@H](C)[C@@H](O)[C@]1(C)O. The van der Waals surface area contributed by atoms with E-state index in [1.54, 1.807) is 41.5 Å². The second kappa shape index (κ2) is 19.2. The molecule has 0 aromatic rings. The monoisotopic (exact) mass is 803 g/mol. The molecule has 3 rings (SSSR count). The predicted octanol–water partition coefficient (Wildman–Crippen LogP) is 2.54. The van der Waals surface area contributed by atoms with E-state index in [1.165, 1.54) is 34.8 Å². The number of carbonyl (C=O) groups is 4. The Balaban J connectivity index is 2.24. The second-order valence-corrected chi connectivity index (χ2v) is 17.3. The van der Waals surface area contributed by atoms with E-state index in [1.807, 2.05) is 25.9 Å². The number of rotatable bonds is 10. The van der Waals surface area contributed by atoms with Gasteiger partial charge in [-0.1, -0.05) is 27.7 Å². The first kappa shape index (κ1) is 48.1. The fourth-order valence-corrected chi connectivity index (χ4v) is 9.02. The Hall–Kier alpha value is -2.28. The number of likely N-dealkylation sites (N-methyl/N-ethyl adjacent to an activating group) is 1. The molecule has 0 unspecified atom stereocenters. The van der Waals surface area contributed by atoms with Crippen LogP contribution in [0, 0.1) is 23.7 Å². The Bertz CT molecular complexity index is 1340. The summed E-state index contributed by atoms with van der Waals surface area (Å²) in [7, 11) is 5.17.